The second-order valence-corrected chi connectivity index (χ2v) is 7.61. The molecule has 0 spiro atoms. The number of methoxy groups -OCH3 is 1. The van der Waals surface area contributed by atoms with E-state index in [2.05, 4.69) is 53.6 Å². The minimum absolute atomic E-state index is 0.401. The van der Waals surface area contributed by atoms with Gasteiger partial charge in [0, 0.05) is 10.8 Å². The molecule has 6 nitrogen and oxygen atoms in total. The fraction of sp³-hybridized carbons (Fsp3) is 0.174. The van der Waals surface area contributed by atoms with Crippen molar-refractivity contribution < 1.29 is 9.15 Å². The lowest BCUT2D eigenvalue weighted by molar-refractivity contribution is 0.407. The summed E-state index contributed by atoms with van der Waals surface area (Å²) in [5.41, 5.74) is 7.14. The summed E-state index contributed by atoms with van der Waals surface area (Å²) in [4.78, 5) is 17.0. The quantitative estimate of drug-likeness (QED) is 0.255. The van der Waals surface area contributed by atoms with Crippen LogP contribution in [0.1, 0.15) is 24.5 Å². The van der Waals surface area contributed by atoms with Crippen LogP contribution in [-0.4, -0.2) is 17.8 Å². The number of rotatable bonds is 6. The van der Waals surface area contributed by atoms with E-state index in [0.717, 1.165) is 23.1 Å². The highest BCUT2D eigenvalue weighted by Gasteiger charge is 2.14. The maximum atomic E-state index is 12.5. The Morgan fingerprint density at radius 3 is 2.77 bits per heavy atom. The second-order valence-electron chi connectivity index (χ2n) is 6.75. The standard InChI is InChI=1S/C23H21N3O3S/c1-4-18(15-10-8-14(2)9-11-15)25-26-23-24-19(13-30-23)17-12-16-6-5-7-20(28-3)21(16)29-22(17)27/h5-13H,4H2,1-3H3,(H,24,26)/b25-18+. The summed E-state index contributed by atoms with van der Waals surface area (Å²) in [5, 5.41) is 7.70. The molecule has 4 aromatic rings. The first-order valence-electron chi connectivity index (χ1n) is 9.55. The van der Waals surface area contributed by atoms with Crippen LogP contribution in [0, 0.1) is 6.92 Å². The highest BCUT2D eigenvalue weighted by Crippen LogP contribution is 2.29. The molecule has 1 N–H and O–H groups in total. The third-order valence-electron chi connectivity index (χ3n) is 4.73. The smallest absolute Gasteiger partial charge is 0.345 e. The van der Waals surface area contributed by atoms with E-state index >= 15 is 0 Å². The van der Waals surface area contributed by atoms with Crippen LogP contribution in [0.3, 0.4) is 0 Å². The summed E-state index contributed by atoms with van der Waals surface area (Å²) in [6.07, 6.45) is 0.782. The van der Waals surface area contributed by atoms with Crippen molar-refractivity contribution in [1.82, 2.24) is 4.98 Å². The van der Waals surface area contributed by atoms with E-state index in [1.165, 1.54) is 16.9 Å². The summed E-state index contributed by atoms with van der Waals surface area (Å²) < 4.78 is 10.8. The average Bonchev–Trinajstić information content (AvgIpc) is 3.23. The van der Waals surface area contributed by atoms with Crippen molar-refractivity contribution in [3.05, 3.63) is 75.5 Å². The number of hydrogen-bond acceptors (Lipinski definition) is 7. The molecule has 0 aliphatic heterocycles. The van der Waals surface area contributed by atoms with E-state index in [1.54, 1.807) is 19.2 Å². The van der Waals surface area contributed by atoms with Gasteiger partial charge in [0.2, 0.25) is 5.13 Å². The summed E-state index contributed by atoms with van der Waals surface area (Å²) in [6, 6.07) is 15.5. The van der Waals surface area contributed by atoms with Crippen molar-refractivity contribution in [3.63, 3.8) is 0 Å². The number of anilines is 1. The third kappa shape index (κ3) is 3.97. The highest BCUT2D eigenvalue weighted by molar-refractivity contribution is 7.14. The van der Waals surface area contributed by atoms with Gasteiger partial charge in [-0.15, -0.1) is 11.3 Å². The van der Waals surface area contributed by atoms with Gasteiger partial charge in [-0.05, 0) is 31.0 Å². The lowest BCUT2D eigenvalue weighted by Gasteiger charge is -2.05. The molecule has 0 saturated heterocycles. The van der Waals surface area contributed by atoms with Crippen LogP contribution < -0.4 is 15.8 Å². The van der Waals surface area contributed by atoms with Gasteiger partial charge in [0.15, 0.2) is 11.3 Å². The van der Waals surface area contributed by atoms with Gasteiger partial charge >= 0.3 is 5.63 Å². The molecule has 0 aliphatic rings. The molecule has 0 amide bonds. The van der Waals surface area contributed by atoms with Crippen LogP contribution in [0.2, 0.25) is 0 Å². The number of aromatic nitrogens is 1. The molecule has 0 atom stereocenters. The molecule has 0 saturated carbocycles. The highest BCUT2D eigenvalue weighted by atomic mass is 32.1. The molecule has 4 rings (SSSR count). The number of benzene rings is 2. The molecule has 2 heterocycles. The summed E-state index contributed by atoms with van der Waals surface area (Å²) in [5.74, 6) is 0.523. The first-order chi connectivity index (χ1) is 14.6. The Labute approximate surface area is 177 Å². The van der Waals surface area contributed by atoms with Crippen molar-refractivity contribution in [1.29, 1.82) is 0 Å². The first-order valence-corrected chi connectivity index (χ1v) is 10.4. The number of hydrazone groups is 1. The summed E-state index contributed by atoms with van der Waals surface area (Å²) >= 11 is 1.38. The molecule has 7 heteroatoms. The van der Waals surface area contributed by atoms with Crippen LogP contribution in [0.4, 0.5) is 5.13 Å². The Morgan fingerprint density at radius 1 is 1.23 bits per heavy atom. The molecule has 2 aromatic heterocycles. The number of hydrogen-bond donors (Lipinski definition) is 1. The maximum absolute atomic E-state index is 12.5. The van der Waals surface area contributed by atoms with E-state index in [-0.39, 0.29) is 0 Å². The van der Waals surface area contributed by atoms with E-state index in [9.17, 15) is 4.79 Å². The number of thiazole rings is 1. The minimum Gasteiger partial charge on any atom is -0.493 e. The number of aryl methyl sites for hydroxylation is 1. The van der Waals surface area contributed by atoms with Gasteiger partial charge in [-0.1, -0.05) is 48.9 Å². The van der Waals surface area contributed by atoms with Crippen LogP contribution in [0.25, 0.3) is 22.2 Å². The maximum Gasteiger partial charge on any atom is 0.345 e. The molecular weight excluding hydrogens is 398 g/mol. The Bertz CT molecular complexity index is 1270. The SMILES string of the molecule is CC/C(=N\Nc1nc(-c2cc3cccc(OC)c3oc2=O)cs1)c1ccc(C)cc1. The molecule has 152 valence electrons. The van der Waals surface area contributed by atoms with Gasteiger partial charge in [-0.2, -0.15) is 5.10 Å². The molecule has 30 heavy (non-hydrogen) atoms. The van der Waals surface area contributed by atoms with E-state index < -0.39 is 5.63 Å². The van der Waals surface area contributed by atoms with Crippen LogP contribution in [0.5, 0.6) is 5.75 Å². The summed E-state index contributed by atoms with van der Waals surface area (Å²) in [6.45, 7) is 4.11. The fourth-order valence-corrected chi connectivity index (χ4v) is 3.77. The normalized spacial score (nSPS) is 11.6. The topological polar surface area (TPSA) is 76.7 Å². The Hall–Kier alpha value is -3.45. The predicted octanol–water partition coefficient (Wildman–Crippen LogP) is 5.46. The molecule has 0 radical (unpaired) electrons. The number of nitrogens with one attached hydrogen (secondary N) is 1. The number of para-hydroxylation sites is 1. The molecule has 2 aromatic carbocycles. The van der Waals surface area contributed by atoms with Crippen molar-refractivity contribution in [3.8, 4) is 17.0 Å². The van der Waals surface area contributed by atoms with E-state index in [1.807, 2.05) is 17.5 Å². The van der Waals surface area contributed by atoms with Gasteiger partial charge < -0.3 is 9.15 Å². The Kier molecular flexibility index (Phi) is 5.63. The van der Waals surface area contributed by atoms with E-state index in [0.29, 0.717) is 27.7 Å². The van der Waals surface area contributed by atoms with Crippen LogP contribution in [-0.2, 0) is 0 Å². The predicted molar refractivity (Wildman–Crippen MR) is 122 cm³/mol. The molecule has 0 bridgehead atoms. The molecular formula is C23H21N3O3S. The number of fused-ring (bicyclic) bond motifs is 1. The lowest BCUT2D eigenvalue weighted by atomic mass is 10.1. The first kappa shape index (κ1) is 19.8. The Balaban J connectivity index is 1.62. The average molecular weight is 420 g/mol. The van der Waals surface area contributed by atoms with Gasteiger partial charge in [0.1, 0.15) is 0 Å². The number of ether oxygens (including phenoxy) is 1. The van der Waals surface area contributed by atoms with Crippen molar-refractivity contribution in [2.75, 3.05) is 12.5 Å². The lowest BCUT2D eigenvalue weighted by Crippen LogP contribution is -2.04. The molecule has 0 unspecified atom stereocenters. The van der Waals surface area contributed by atoms with Crippen molar-refractivity contribution in [2.45, 2.75) is 20.3 Å². The van der Waals surface area contributed by atoms with Gasteiger partial charge in [-0.3, -0.25) is 5.43 Å². The van der Waals surface area contributed by atoms with Crippen LogP contribution in [0.15, 0.2) is 68.2 Å². The van der Waals surface area contributed by atoms with Crippen LogP contribution >= 0.6 is 11.3 Å². The Morgan fingerprint density at radius 2 is 2.03 bits per heavy atom. The van der Waals surface area contributed by atoms with Crippen molar-refractivity contribution >= 4 is 33.1 Å². The second kappa shape index (κ2) is 8.51. The fourth-order valence-electron chi connectivity index (χ4n) is 3.11. The van der Waals surface area contributed by atoms with Gasteiger partial charge in [0.25, 0.3) is 0 Å². The van der Waals surface area contributed by atoms with Gasteiger partial charge in [-0.25, -0.2) is 9.78 Å². The zero-order valence-electron chi connectivity index (χ0n) is 16.9. The summed E-state index contributed by atoms with van der Waals surface area (Å²) in [7, 11) is 1.54. The monoisotopic (exact) mass is 419 g/mol. The van der Waals surface area contributed by atoms with Crippen molar-refractivity contribution in [2.24, 2.45) is 5.10 Å². The number of nitrogens with zero attached hydrogens (tertiary/aromatic N) is 2. The van der Waals surface area contributed by atoms with E-state index in [4.69, 9.17) is 9.15 Å². The zero-order valence-corrected chi connectivity index (χ0v) is 17.7. The third-order valence-corrected chi connectivity index (χ3v) is 5.48. The molecule has 0 aliphatic carbocycles. The van der Waals surface area contributed by atoms with Gasteiger partial charge in [0.05, 0.1) is 24.1 Å². The largest absolute Gasteiger partial charge is 0.493 e. The zero-order chi connectivity index (χ0) is 21.1. The minimum atomic E-state index is -0.457. The molecule has 0 fully saturated rings.